The van der Waals surface area contributed by atoms with Gasteiger partial charge in [0.15, 0.2) is 0 Å². The van der Waals surface area contributed by atoms with Crippen molar-refractivity contribution in [1.82, 2.24) is 16.0 Å². The maximum absolute atomic E-state index is 13.2. The molecule has 47 heavy (non-hydrogen) atoms. The number of nitrogens with one attached hydrogen (secondary N) is 3. The smallest absolute Gasteiger partial charge is 0.407 e. The molecule has 0 spiro atoms. The van der Waals surface area contributed by atoms with E-state index in [1.807, 2.05) is 49.4 Å². The monoisotopic (exact) mass is 709 g/mol. The number of hydrogen-bond donors (Lipinski definition) is 3. The highest BCUT2D eigenvalue weighted by molar-refractivity contribution is 8.23. The van der Waals surface area contributed by atoms with Gasteiger partial charge >= 0.3 is 12.1 Å². The lowest BCUT2D eigenvalue weighted by Gasteiger charge is -2.22. The highest BCUT2D eigenvalue weighted by atomic mass is 32.2. The van der Waals surface area contributed by atoms with Crippen LogP contribution in [0.5, 0.6) is 0 Å². The minimum Gasteiger partial charge on any atom is -0.467 e. The molecule has 0 bridgehead atoms. The van der Waals surface area contributed by atoms with Crippen molar-refractivity contribution < 1.29 is 19.1 Å². The van der Waals surface area contributed by atoms with Crippen LogP contribution in [0, 0.1) is 5.92 Å². The molecule has 11 heteroatoms. The minimum atomic E-state index is -0.467. The van der Waals surface area contributed by atoms with Gasteiger partial charge in [-0.1, -0.05) is 141 Å². The Morgan fingerprint density at radius 3 is 1.98 bits per heavy atom. The number of benzene rings is 3. The lowest BCUT2D eigenvalue weighted by molar-refractivity contribution is -0.143. The van der Waals surface area contributed by atoms with Crippen LogP contribution in [0.15, 0.2) is 78.9 Å². The first kappa shape index (κ1) is 36.7. The van der Waals surface area contributed by atoms with Crippen molar-refractivity contribution in [2.45, 2.75) is 57.7 Å². The van der Waals surface area contributed by atoms with Gasteiger partial charge in [-0.2, -0.15) is 0 Å². The van der Waals surface area contributed by atoms with Gasteiger partial charge in [0, 0.05) is 29.5 Å². The molecule has 1 aliphatic rings. The summed E-state index contributed by atoms with van der Waals surface area (Å²) in [5, 5.41) is 9.58. The predicted octanol–water partition coefficient (Wildman–Crippen LogP) is 7.33. The van der Waals surface area contributed by atoms with E-state index in [2.05, 4.69) is 66.2 Å². The van der Waals surface area contributed by atoms with Gasteiger partial charge in [0.25, 0.3) is 0 Å². The molecule has 4 rings (SSSR count). The highest BCUT2D eigenvalue weighted by Gasteiger charge is 2.29. The van der Waals surface area contributed by atoms with Crippen LogP contribution in [0.25, 0.3) is 11.1 Å². The third-order valence-corrected chi connectivity index (χ3v) is 10.7. The van der Waals surface area contributed by atoms with Crippen molar-refractivity contribution in [2.24, 2.45) is 5.92 Å². The van der Waals surface area contributed by atoms with Crippen LogP contribution < -0.4 is 16.0 Å². The summed E-state index contributed by atoms with van der Waals surface area (Å²) in [6.07, 6.45) is 0.834. The zero-order valence-electron chi connectivity index (χ0n) is 27.2. The maximum Gasteiger partial charge on any atom is 0.407 e. The van der Waals surface area contributed by atoms with Gasteiger partial charge in [-0.15, -0.1) is 0 Å². The number of thiocarbonyl (C=S) groups is 2. The second kappa shape index (κ2) is 18.4. The van der Waals surface area contributed by atoms with E-state index in [-0.39, 0.29) is 30.6 Å². The summed E-state index contributed by atoms with van der Waals surface area (Å²) >= 11 is 14.1. The summed E-state index contributed by atoms with van der Waals surface area (Å²) in [5.74, 6) is 1.23. The van der Waals surface area contributed by atoms with Crippen molar-refractivity contribution in [2.75, 3.05) is 25.2 Å². The first-order valence-corrected chi connectivity index (χ1v) is 18.5. The number of alkyl carbamates (subject to hydrolysis) is 1. The Morgan fingerprint density at radius 2 is 1.36 bits per heavy atom. The second-order valence-electron chi connectivity index (χ2n) is 11.9. The van der Waals surface area contributed by atoms with Crippen LogP contribution >= 0.6 is 48.0 Å². The molecule has 1 aliphatic carbocycles. The molecule has 0 saturated heterocycles. The fourth-order valence-corrected chi connectivity index (χ4v) is 7.83. The summed E-state index contributed by atoms with van der Waals surface area (Å²) in [6.45, 7) is 6.39. The molecule has 0 aromatic heterocycles. The van der Waals surface area contributed by atoms with Gasteiger partial charge in [0.2, 0.25) is 0 Å². The standard InChI is InChI=1S/C36H43N3O4S4/c1-23(2)18-32(33(40)42-4)39-36(45)46-21-24(3)37-35(44)47-22-26(19-25-12-6-5-7-13-25)38-34(41)43-20-31-29-16-10-8-14-27(29)28-15-9-11-17-30(28)31/h5-17,23-24,26,31-32H,18-22H2,1-4H3,(H,37,44)(H,38,41)(H,39,45)/t24-,26-,32-/m0/s1. The van der Waals surface area contributed by atoms with E-state index in [0.29, 0.717) is 38.9 Å². The summed E-state index contributed by atoms with van der Waals surface area (Å²) < 4.78 is 12.0. The van der Waals surface area contributed by atoms with Gasteiger partial charge < -0.3 is 25.4 Å². The van der Waals surface area contributed by atoms with E-state index in [1.54, 1.807) is 0 Å². The molecule has 250 valence electrons. The summed E-state index contributed by atoms with van der Waals surface area (Å²) in [7, 11) is 1.38. The van der Waals surface area contributed by atoms with Crippen LogP contribution in [0.1, 0.15) is 49.8 Å². The Bertz CT molecular complexity index is 1480. The minimum absolute atomic E-state index is 0.00382. The Morgan fingerprint density at radius 1 is 0.787 bits per heavy atom. The third kappa shape index (κ3) is 11.2. The molecule has 0 heterocycles. The number of rotatable bonds is 14. The SMILES string of the molecule is COC(=O)[C@H](CC(C)C)NC(=S)SC[C@H](C)NC(=S)SC[C@H](Cc1ccccc1)NC(=O)OCC1c2ccccc2-c2ccccc21. The number of thioether (sulfide) groups is 2. The Kier molecular flexibility index (Phi) is 14.4. The first-order chi connectivity index (χ1) is 22.6. The quantitative estimate of drug-likeness (QED) is 0.117. The molecule has 3 atom stereocenters. The lowest BCUT2D eigenvalue weighted by Crippen LogP contribution is -2.41. The molecule has 1 amide bonds. The van der Waals surface area contributed by atoms with E-state index in [1.165, 1.54) is 52.9 Å². The van der Waals surface area contributed by atoms with E-state index < -0.39 is 12.1 Å². The van der Waals surface area contributed by atoms with Crippen molar-refractivity contribution >= 4 is 68.7 Å². The average molecular weight is 710 g/mol. The van der Waals surface area contributed by atoms with E-state index in [9.17, 15) is 9.59 Å². The summed E-state index contributed by atoms with van der Waals surface area (Å²) in [4.78, 5) is 25.3. The van der Waals surface area contributed by atoms with E-state index in [4.69, 9.17) is 33.9 Å². The van der Waals surface area contributed by atoms with Gasteiger partial charge in [-0.05, 0) is 53.5 Å². The number of carbonyl (C=O) groups excluding carboxylic acids is 2. The van der Waals surface area contributed by atoms with Crippen LogP contribution in [0.3, 0.4) is 0 Å². The molecule has 0 saturated carbocycles. The molecular formula is C36H43N3O4S4. The molecule has 3 N–H and O–H groups in total. The largest absolute Gasteiger partial charge is 0.467 e. The predicted molar refractivity (Wildman–Crippen MR) is 203 cm³/mol. The summed E-state index contributed by atoms with van der Waals surface area (Å²) in [5.41, 5.74) is 5.86. The zero-order chi connectivity index (χ0) is 33.8. The van der Waals surface area contributed by atoms with E-state index in [0.717, 1.165) is 5.56 Å². The number of amides is 1. The number of methoxy groups -OCH3 is 1. The average Bonchev–Trinajstić information content (AvgIpc) is 3.38. The fourth-order valence-electron chi connectivity index (χ4n) is 5.53. The molecular weight excluding hydrogens is 667 g/mol. The van der Waals surface area contributed by atoms with Crippen molar-refractivity contribution in [3.63, 3.8) is 0 Å². The molecule has 0 unspecified atom stereocenters. The first-order valence-electron chi connectivity index (χ1n) is 15.7. The molecule has 0 radical (unpaired) electrons. The molecule has 3 aromatic carbocycles. The number of esters is 1. The Hall–Kier alpha value is -3.12. The number of ether oxygens (including phenoxy) is 2. The van der Waals surface area contributed by atoms with Crippen LogP contribution in [0.2, 0.25) is 0 Å². The molecule has 7 nitrogen and oxygen atoms in total. The topological polar surface area (TPSA) is 88.7 Å². The van der Waals surface area contributed by atoms with Crippen LogP contribution in [-0.4, -0.2) is 64.1 Å². The number of hydrogen-bond acceptors (Lipinski definition) is 8. The fraction of sp³-hybridized carbons (Fsp3) is 0.389. The highest BCUT2D eigenvalue weighted by Crippen LogP contribution is 2.44. The second-order valence-corrected chi connectivity index (χ2v) is 15.3. The van der Waals surface area contributed by atoms with Gasteiger partial charge in [0.1, 0.15) is 21.3 Å². The van der Waals surface area contributed by atoms with Gasteiger partial charge in [0.05, 0.1) is 7.11 Å². The number of fused-ring (bicyclic) bond motifs is 3. The summed E-state index contributed by atoms with van der Waals surface area (Å²) in [6, 6.07) is 26.0. The third-order valence-electron chi connectivity index (χ3n) is 7.72. The lowest BCUT2D eigenvalue weighted by atomic mass is 9.98. The van der Waals surface area contributed by atoms with Crippen molar-refractivity contribution in [1.29, 1.82) is 0 Å². The van der Waals surface area contributed by atoms with Gasteiger partial charge in [-0.3, -0.25) is 0 Å². The normalized spacial score (nSPS) is 13.9. The molecule has 3 aromatic rings. The Labute approximate surface area is 297 Å². The maximum atomic E-state index is 13.2. The van der Waals surface area contributed by atoms with Gasteiger partial charge in [-0.25, -0.2) is 9.59 Å². The molecule has 0 fully saturated rings. The van der Waals surface area contributed by atoms with E-state index >= 15 is 0 Å². The van der Waals surface area contributed by atoms with Crippen LogP contribution in [-0.2, 0) is 20.7 Å². The van der Waals surface area contributed by atoms with Crippen LogP contribution in [0.4, 0.5) is 4.79 Å². The van der Waals surface area contributed by atoms with Crippen molar-refractivity contribution in [3.8, 4) is 11.1 Å². The number of carbonyl (C=O) groups is 2. The Balaban J connectivity index is 1.27. The zero-order valence-corrected chi connectivity index (χ0v) is 30.5. The van der Waals surface area contributed by atoms with Crippen molar-refractivity contribution in [3.05, 3.63) is 95.6 Å². The molecule has 0 aliphatic heterocycles.